The maximum atomic E-state index is 12.9. The quantitative estimate of drug-likeness (QED) is 0.891. The van der Waals surface area contributed by atoms with Gasteiger partial charge in [0.15, 0.2) is 11.5 Å². The second-order valence-electron chi connectivity index (χ2n) is 5.59. The topological polar surface area (TPSA) is 93.9 Å². The number of benzene rings is 2. The van der Waals surface area contributed by atoms with Gasteiger partial charge in [0.1, 0.15) is 6.04 Å². The number of carbonyl (C=O) groups is 2. The van der Waals surface area contributed by atoms with E-state index in [1.807, 2.05) is 18.2 Å². The SMILES string of the molecule is COc1cccc(NC(=O)N2c3ccccc3CC2C(N)=O)c1OC. The van der Waals surface area contributed by atoms with Crippen LogP contribution in [0.1, 0.15) is 5.56 Å². The van der Waals surface area contributed by atoms with Gasteiger partial charge < -0.3 is 20.5 Å². The molecule has 1 aliphatic rings. The molecule has 3 rings (SSSR count). The molecule has 3 amide bonds. The van der Waals surface area contributed by atoms with Crippen molar-refractivity contribution >= 4 is 23.3 Å². The van der Waals surface area contributed by atoms with E-state index >= 15 is 0 Å². The number of para-hydroxylation sites is 2. The van der Waals surface area contributed by atoms with Crippen molar-refractivity contribution in [1.82, 2.24) is 0 Å². The minimum Gasteiger partial charge on any atom is -0.493 e. The lowest BCUT2D eigenvalue weighted by molar-refractivity contribution is -0.119. The number of rotatable bonds is 4. The van der Waals surface area contributed by atoms with Gasteiger partial charge in [-0.15, -0.1) is 0 Å². The van der Waals surface area contributed by atoms with E-state index in [0.29, 0.717) is 29.3 Å². The van der Waals surface area contributed by atoms with Crippen molar-refractivity contribution in [1.29, 1.82) is 0 Å². The highest BCUT2D eigenvalue weighted by Gasteiger charge is 2.37. The van der Waals surface area contributed by atoms with Crippen molar-refractivity contribution in [3.8, 4) is 11.5 Å². The number of urea groups is 1. The van der Waals surface area contributed by atoms with Crippen LogP contribution in [-0.4, -0.2) is 32.2 Å². The maximum Gasteiger partial charge on any atom is 0.327 e. The zero-order valence-electron chi connectivity index (χ0n) is 14.0. The molecule has 3 N–H and O–H groups in total. The van der Waals surface area contributed by atoms with Gasteiger partial charge in [-0.05, 0) is 23.8 Å². The van der Waals surface area contributed by atoms with Gasteiger partial charge in [0.25, 0.3) is 0 Å². The molecule has 1 heterocycles. The Morgan fingerprint density at radius 1 is 1.12 bits per heavy atom. The van der Waals surface area contributed by atoms with Crippen LogP contribution in [0.2, 0.25) is 0 Å². The van der Waals surface area contributed by atoms with E-state index in [9.17, 15) is 9.59 Å². The van der Waals surface area contributed by atoms with Gasteiger partial charge in [0, 0.05) is 12.1 Å². The van der Waals surface area contributed by atoms with Crippen molar-refractivity contribution in [3.63, 3.8) is 0 Å². The number of ether oxygens (including phenoxy) is 2. The monoisotopic (exact) mass is 341 g/mol. The van der Waals surface area contributed by atoms with Gasteiger partial charge in [0.2, 0.25) is 5.91 Å². The summed E-state index contributed by atoms with van der Waals surface area (Å²) in [5, 5.41) is 2.78. The van der Waals surface area contributed by atoms with E-state index in [2.05, 4.69) is 5.32 Å². The number of fused-ring (bicyclic) bond motifs is 1. The Bertz CT molecular complexity index is 822. The lowest BCUT2D eigenvalue weighted by Gasteiger charge is -2.24. The number of nitrogens with two attached hydrogens (primary N) is 1. The van der Waals surface area contributed by atoms with Crippen LogP contribution < -0.4 is 25.4 Å². The molecule has 1 aliphatic heterocycles. The Hall–Kier alpha value is -3.22. The van der Waals surface area contributed by atoms with Crippen LogP contribution in [0, 0.1) is 0 Å². The van der Waals surface area contributed by atoms with E-state index in [1.54, 1.807) is 24.3 Å². The molecule has 0 spiro atoms. The largest absolute Gasteiger partial charge is 0.493 e. The molecule has 25 heavy (non-hydrogen) atoms. The van der Waals surface area contributed by atoms with E-state index in [1.165, 1.54) is 19.1 Å². The molecule has 0 radical (unpaired) electrons. The fourth-order valence-electron chi connectivity index (χ4n) is 3.03. The molecule has 130 valence electrons. The molecule has 2 aromatic rings. The minimum atomic E-state index is -0.728. The van der Waals surface area contributed by atoms with Crippen molar-refractivity contribution in [3.05, 3.63) is 48.0 Å². The minimum absolute atomic E-state index is 0.397. The average Bonchev–Trinajstić information content (AvgIpc) is 3.01. The number of hydrogen-bond acceptors (Lipinski definition) is 4. The third-order valence-corrected chi connectivity index (χ3v) is 4.17. The van der Waals surface area contributed by atoms with E-state index < -0.39 is 18.0 Å². The van der Waals surface area contributed by atoms with E-state index in [-0.39, 0.29) is 0 Å². The first kappa shape index (κ1) is 16.6. The highest BCUT2D eigenvalue weighted by Crippen LogP contribution is 2.36. The van der Waals surface area contributed by atoms with E-state index in [4.69, 9.17) is 15.2 Å². The van der Waals surface area contributed by atoms with E-state index in [0.717, 1.165) is 5.56 Å². The number of nitrogens with zero attached hydrogens (tertiary/aromatic N) is 1. The fraction of sp³-hybridized carbons (Fsp3) is 0.222. The summed E-state index contributed by atoms with van der Waals surface area (Å²) in [6.45, 7) is 0. The van der Waals surface area contributed by atoms with Crippen molar-refractivity contribution in [2.45, 2.75) is 12.5 Å². The smallest absolute Gasteiger partial charge is 0.327 e. The number of methoxy groups -OCH3 is 2. The van der Waals surface area contributed by atoms with Crippen molar-refractivity contribution < 1.29 is 19.1 Å². The molecule has 0 saturated heterocycles. The summed E-state index contributed by atoms with van der Waals surface area (Å²) in [5.41, 5.74) is 7.51. The van der Waals surface area contributed by atoms with Gasteiger partial charge in [-0.3, -0.25) is 9.69 Å². The molecule has 0 fully saturated rings. The summed E-state index contributed by atoms with van der Waals surface area (Å²) in [4.78, 5) is 26.1. The molecular weight excluding hydrogens is 322 g/mol. The number of carbonyl (C=O) groups excluding carboxylic acids is 2. The molecule has 1 unspecified atom stereocenters. The molecule has 1 atom stereocenters. The highest BCUT2D eigenvalue weighted by atomic mass is 16.5. The second-order valence-corrected chi connectivity index (χ2v) is 5.59. The molecule has 0 aliphatic carbocycles. The molecule has 0 aromatic heterocycles. The fourth-order valence-corrected chi connectivity index (χ4v) is 3.03. The van der Waals surface area contributed by atoms with Crippen LogP contribution in [-0.2, 0) is 11.2 Å². The van der Waals surface area contributed by atoms with Crippen molar-refractivity contribution in [2.24, 2.45) is 5.73 Å². The van der Waals surface area contributed by atoms with Crippen LogP contribution in [0.5, 0.6) is 11.5 Å². The Morgan fingerprint density at radius 2 is 1.88 bits per heavy atom. The van der Waals surface area contributed by atoms with Gasteiger partial charge >= 0.3 is 6.03 Å². The summed E-state index contributed by atoms with van der Waals surface area (Å²) < 4.78 is 10.6. The summed E-state index contributed by atoms with van der Waals surface area (Å²) in [5.74, 6) is 0.346. The molecule has 7 heteroatoms. The third kappa shape index (κ3) is 2.96. The van der Waals surface area contributed by atoms with Crippen LogP contribution >= 0.6 is 0 Å². The molecular formula is C18H19N3O4. The first-order chi connectivity index (χ1) is 12.1. The Balaban J connectivity index is 1.94. The maximum absolute atomic E-state index is 12.9. The standard InChI is InChI=1S/C18H19N3O4/c1-24-15-9-5-7-12(16(15)25-2)20-18(23)21-13-8-4-3-6-11(13)10-14(21)17(19)22/h3-9,14H,10H2,1-2H3,(H2,19,22)(H,20,23). The predicted octanol–water partition coefficient (Wildman–Crippen LogP) is 2.15. The summed E-state index contributed by atoms with van der Waals surface area (Å²) in [6.07, 6.45) is 0.397. The van der Waals surface area contributed by atoms with Crippen LogP contribution in [0.15, 0.2) is 42.5 Å². The zero-order valence-corrected chi connectivity index (χ0v) is 14.0. The zero-order chi connectivity index (χ0) is 18.0. The number of amides is 3. The number of anilines is 2. The molecule has 7 nitrogen and oxygen atoms in total. The second kappa shape index (κ2) is 6.72. The Kier molecular flexibility index (Phi) is 4.47. The van der Waals surface area contributed by atoms with Gasteiger partial charge in [0.05, 0.1) is 19.9 Å². The van der Waals surface area contributed by atoms with Gasteiger partial charge in [-0.1, -0.05) is 24.3 Å². The summed E-state index contributed by atoms with van der Waals surface area (Å²) in [6, 6.07) is 11.3. The molecule has 2 aromatic carbocycles. The van der Waals surface area contributed by atoms with Crippen LogP contribution in [0.4, 0.5) is 16.2 Å². The lowest BCUT2D eigenvalue weighted by atomic mass is 10.1. The summed E-state index contributed by atoms with van der Waals surface area (Å²) in [7, 11) is 3.01. The van der Waals surface area contributed by atoms with Crippen LogP contribution in [0.25, 0.3) is 0 Å². The average molecular weight is 341 g/mol. The highest BCUT2D eigenvalue weighted by molar-refractivity contribution is 6.08. The first-order valence-corrected chi connectivity index (χ1v) is 7.75. The first-order valence-electron chi connectivity index (χ1n) is 7.75. The third-order valence-electron chi connectivity index (χ3n) is 4.17. The molecule has 0 saturated carbocycles. The number of hydrogen-bond donors (Lipinski definition) is 2. The van der Waals surface area contributed by atoms with Gasteiger partial charge in [-0.2, -0.15) is 0 Å². The van der Waals surface area contributed by atoms with Crippen LogP contribution in [0.3, 0.4) is 0 Å². The van der Waals surface area contributed by atoms with Crippen molar-refractivity contribution in [2.75, 3.05) is 24.4 Å². The molecule has 0 bridgehead atoms. The van der Waals surface area contributed by atoms with Gasteiger partial charge in [-0.25, -0.2) is 4.79 Å². The lowest BCUT2D eigenvalue weighted by Crippen LogP contribution is -2.47. The Labute approximate surface area is 145 Å². The normalized spacial score (nSPS) is 15.4. The summed E-state index contributed by atoms with van der Waals surface area (Å²) >= 11 is 0. The number of primary amides is 1. The Morgan fingerprint density at radius 3 is 2.56 bits per heavy atom. The number of nitrogens with one attached hydrogen (secondary N) is 1. The predicted molar refractivity (Wildman–Crippen MR) is 94.2 cm³/mol.